The molecule has 2 nitrogen and oxygen atoms in total. The van der Waals surface area contributed by atoms with Crippen LogP contribution in [0.5, 0.6) is 0 Å². The van der Waals surface area contributed by atoms with Crippen LogP contribution < -0.4 is 0 Å². The number of hydrogen-bond acceptors (Lipinski definition) is 1. The van der Waals surface area contributed by atoms with Crippen LogP contribution in [0.25, 0.3) is 0 Å². The number of halogens is 3. The first-order valence-corrected chi connectivity index (χ1v) is 6.36. The number of alkyl halides is 1. The highest BCUT2D eigenvalue weighted by atomic mass is 79.9. The smallest absolute Gasteiger partial charge is 0.236 e. The zero-order valence-electron chi connectivity index (χ0n) is 9.13. The third-order valence-electron chi connectivity index (χ3n) is 2.84. The molecule has 1 atom stereocenters. The standard InChI is InChI=1S/C12H12BrF2NO/c13-10-2-1-5-16(12(10)17)7-8-3-4-9(14)6-11(8)15/h3-4,6,10H,1-2,5,7H2. The summed E-state index contributed by atoms with van der Waals surface area (Å²) in [6.45, 7) is 0.824. The number of carbonyl (C=O) groups is 1. The maximum atomic E-state index is 13.4. The summed E-state index contributed by atoms with van der Waals surface area (Å²) in [5, 5.41) is 0. The van der Waals surface area contributed by atoms with E-state index in [1.807, 2.05) is 0 Å². The Kier molecular flexibility index (Phi) is 3.76. The zero-order chi connectivity index (χ0) is 12.4. The van der Waals surface area contributed by atoms with Gasteiger partial charge in [-0.3, -0.25) is 4.79 Å². The van der Waals surface area contributed by atoms with E-state index in [9.17, 15) is 13.6 Å². The third kappa shape index (κ3) is 2.83. The summed E-state index contributed by atoms with van der Waals surface area (Å²) in [7, 11) is 0. The summed E-state index contributed by atoms with van der Waals surface area (Å²) in [4.78, 5) is 13.2. The Balaban J connectivity index is 2.12. The molecule has 1 aliphatic rings. The SMILES string of the molecule is O=C1C(Br)CCCN1Cc1ccc(F)cc1F. The van der Waals surface area contributed by atoms with Gasteiger partial charge >= 0.3 is 0 Å². The first-order chi connectivity index (χ1) is 8.08. The maximum Gasteiger partial charge on any atom is 0.236 e. The van der Waals surface area contributed by atoms with E-state index in [1.165, 1.54) is 12.1 Å². The zero-order valence-corrected chi connectivity index (χ0v) is 10.7. The van der Waals surface area contributed by atoms with E-state index in [4.69, 9.17) is 0 Å². The molecule has 1 aromatic carbocycles. The number of hydrogen-bond donors (Lipinski definition) is 0. The van der Waals surface area contributed by atoms with Gasteiger partial charge in [-0.05, 0) is 18.9 Å². The molecule has 1 aliphatic heterocycles. The molecule has 0 N–H and O–H groups in total. The van der Waals surface area contributed by atoms with Gasteiger partial charge in [-0.15, -0.1) is 0 Å². The van der Waals surface area contributed by atoms with Crippen LogP contribution in [0.1, 0.15) is 18.4 Å². The van der Waals surface area contributed by atoms with Gasteiger partial charge in [-0.1, -0.05) is 22.0 Å². The van der Waals surface area contributed by atoms with Crippen molar-refractivity contribution in [2.45, 2.75) is 24.2 Å². The van der Waals surface area contributed by atoms with Crippen LogP contribution >= 0.6 is 15.9 Å². The summed E-state index contributed by atoms with van der Waals surface area (Å²) in [6, 6.07) is 3.43. The van der Waals surface area contributed by atoms with E-state index < -0.39 is 11.6 Å². The molecule has 0 radical (unpaired) electrons. The minimum Gasteiger partial charge on any atom is -0.337 e. The van der Waals surface area contributed by atoms with Gasteiger partial charge in [0.25, 0.3) is 0 Å². The molecule has 1 saturated heterocycles. The number of piperidine rings is 1. The van der Waals surface area contributed by atoms with Crippen LogP contribution in [-0.2, 0) is 11.3 Å². The first-order valence-electron chi connectivity index (χ1n) is 5.44. The summed E-state index contributed by atoms with van der Waals surface area (Å²) in [6.07, 6.45) is 1.70. The van der Waals surface area contributed by atoms with Crippen molar-refractivity contribution >= 4 is 21.8 Å². The topological polar surface area (TPSA) is 20.3 Å². The summed E-state index contributed by atoms with van der Waals surface area (Å²) < 4.78 is 26.2. The van der Waals surface area contributed by atoms with Crippen molar-refractivity contribution in [2.24, 2.45) is 0 Å². The van der Waals surface area contributed by atoms with Gasteiger partial charge in [-0.2, -0.15) is 0 Å². The minimum absolute atomic E-state index is 0.0278. The second-order valence-electron chi connectivity index (χ2n) is 4.11. The van der Waals surface area contributed by atoms with Gasteiger partial charge in [0.15, 0.2) is 0 Å². The van der Waals surface area contributed by atoms with Crippen LogP contribution in [0.4, 0.5) is 8.78 Å². The molecular weight excluding hydrogens is 292 g/mol. The van der Waals surface area contributed by atoms with Crippen molar-refractivity contribution in [3.8, 4) is 0 Å². The quantitative estimate of drug-likeness (QED) is 0.769. The molecule has 0 aromatic heterocycles. The molecular formula is C12H12BrF2NO. The molecule has 92 valence electrons. The number of benzene rings is 1. The Bertz CT molecular complexity index is 439. The molecule has 1 amide bonds. The molecule has 2 rings (SSSR count). The molecule has 5 heteroatoms. The second-order valence-corrected chi connectivity index (χ2v) is 5.21. The molecule has 1 fully saturated rings. The number of nitrogens with zero attached hydrogens (tertiary/aromatic N) is 1. The van der Waals surface area contributed by atoms with Gasteiger partial charge in [0, 0.05) is 24.7 Å². The van der Waals surface area contributed by atoms with Crippen molar-refractivity contribution in [3.63, 3.8) is 0 Å². The Morgan fingerprint density at radius 2 is 2.18 bits per heavy atom. The molecule has 1 aromatic rings. The van der Waals surface area contributed by atoms with E-state index in [1.54, 1.807) is 4.90 Å². The average molecular weight is 304 g/mol. The van der Waals surface area contributed by atoms with Crippen molar-refractivity contribution < 1.29 is 13.6 Å². The fourth-order valence-electron chi connectivity index (χ4n) is 1.91. The van der Waals surface area contributed by atoms with Crippen molar-refractivity contribution in [3.05, 3.63) is 35.4 Å². The lowest BCUT2D eigenvalue weighted by Crippen LogP contribution is -2.41. The minimum atomic E-state index is -0.602. The molecule has 1 unspecified atom stereocenters. The highest BCUT2D eigenvalue weighted by Gasteiger charge is 2.26. The average Bonchev–Trinajstić information content (AvgIpc) is 2.28. The number of likely N-dealkylation sites (tertiary alicyclic amines) is 1. The Morgan fingerprint density at radius 3 is 2.88 bits per heavy atom. The highest BCUT2D eigenvalue weighted by molar-refractivity contribution is 9.10. The first kappa shape index (κ1) is 12.5. The van der Waals surface area contributed by atoms with Crippen LogP contribution in [0.15, 0.2) is 18.2 Å². The van der Waals surface area contributed by atoms with E-state index in [2.05, 4.69) is 15.9 Å². The van der Waals surface area contributed by atoms with Gasteiger partial charge in [-0.25, -0.2) is 8.78 Å². The summed E-state index contributed by atoms with van der Waals surface area (Å²) in [5.41, 5.74) is 0.348. The highest BCUT2D eigenvalue weighted by Crippen LogP contribution is 2.21. The van der Waals surface area contributed by atoms with Crippen LogP contribution in [0.2, 0.25) is 0 Å². The van der Waals surface area contributed by atoms with Crippen LogP contribution in [0.3, 0.4) is 0 Å². The summed E-state index contributed by atoms with van der Waals surface area (Å²) in [5.74, 6) is -1.23. The third-order valence-corrected chi connectivity index (χ3v) is 3.69. The normalized spacial score (nSPS) is 20.8. The molecule has 0 saturated carbocycles. The lowest BCUT2D eigenvalue weighted by molar-refractivity contribution is -0.133. The predicted molar refractivity (Wildman–Crippen MR) is 63.7 cm³/mol. The fourth-order valence-corrected chi connectivity index (χ4v) is 2.52. The number of rotatable bonds is 2. The Morgan fingerprint density at radius 1 is 1.41 bits per heavy atom. The Labute approximate surface area is 107 Å². The van der Waals surface area contributed by atoms with Crippen LogP contribution in [-0.4, -0.2) is 22.2 Å². The van der Waals surface area contributed by atoms with E-state index in [0.29, 0.717) is 12.1 Å². The number of carbonyl (C=O) groups excluding carboxylic acids is 1. The van der Waals surface area contributed by atoms with E-state index in [-0.39, 0.29) is 17.3 Å². The number of amides is 1. The molecule has 0 aliphatic carbocycles. The van der Waals surface area contributed by atoms with Gasteiger partial charge < -0.3 is 4.90 Å². The van der Waals surface area contributed by atoms with Crippen molar-refractivity contribution in [1.82, 2.24) is 4.90 Å². The van der Waals surface area contributed by atoms with Crippen molar-refractivity contribution in [2.75, 3.05) is 6.54 Å². The molecule has 0 bridgehead atoms. The largest absolute Gasteiger partial charge is 0.337 e. The predicted octanol–water partition coefficient (Wildman–Crippen LogP) is 2.85. The molecule has 17 heavy (non-hydrogen) atoms. The molecule has 0 spiro atoms. The second kappa shape index (κ2) is 5.12. The summed E-state index contributed by atoms with van der Waals surface area (Å²) >= 11 is 3.29. The van der Waals surface area contributed by atoms with Crippen LogP contribution in [0, 0.1) is 11.6 Å². The lowest BCUT2D eigenvalue weighted by Gasteiger charge is -2.29. The van der Waals surface area contributed by atoms with Gasteiger partial charge in [0.1, 0.15) is 11.6 Å². The Hall–Kier alpha value is -0.970. The fraction of sp³-hybridized carbons (Fsp3) is 0.417. The molecule has 1 heterocycles. The van der Waals surface area contributed by atoms with E-state index >= 15 is 0 Å². The van der Waals surface area contributed by atoms with E-state index in [0.717, 1.165) is 18.9 Å². The lowest BCUT2D eigenvalue weighted by atomic mass is 10.1. The van der Waals surface area contributed by atoms with Gasteiger partial charge in [0.05, 0.1) is 4.83 Å². The monoisotopic (exact) mass is 303 g/mol. The van der Waals surface area contributed by atoms with Crippen molar-refractivity contribution in [1.29, 1.82) is 0 Å². The maximum absolute atomic E-state index is 13.4. The van der Waals surface area contributed by atoms with Gasteiger partial charge in [0.2, 0.25) is 5.91 Å².